The molecule has 0 amide bonds. The van der Waals surface area contributed by atoms with Gasteiger partial charge in [0.15, 0.2) is 0 Å². The van der Waals surface area contributed by atoms with E-state index in [0.29, 0.717) is 17.3 Å². The molecule has 6 heteroatoms. The number of hydrogen-bond donors (Lipinski definition) is 1. The number of pyridine rings is 1. The number of halogens is 1. The zero-order valence-corrected chi connectivity index (χ0v) is 11.9. The summed E-state index contributed by atoms with van der Waals surface area (Å²) in [6, 6.07) is 4.11. The summed E-state index contributed by atoms with van der Waals surface area (Å²) in [4.78, 5) is 24.5. The number of esters is 1. The van der Waals surface area contributed by atoms with Crippen molar-refractivity contribution in [3.05, 3.63) is 46.0 Å². The molecular formula is C16H16FNO4. The Balaban J connectivity index is 2.07. The first-order chi connectivity index (χ1) is 10.6. The summed E-state index contributed by atoms with van der Waals surface area (Å²) in [7, 11) is 0. The van der Waals surface area contributed by atoms with Gasteiger partial charge in [-0.15, -0.1) is 0 Å². The second-order valence-electron chi connectivity index (χ2n) is 5.38. The van der Waals surface area contributed by atoms with Crippen molar-refractivity contribution in [2.45, 2.75) is 25.3 Å². The molecule has 1 aliphatic rings. The van der Waals surface area contributed by atoms with Crippen molar-refractivity contribution >= 4 is 16.9 Å². The summed E-state index contributed by atoms with van der Waals surface area (Å²) in [5.74, 6) is -1.13. The van der Waals surface area contributed by atoms with Gasteiger partial charge in [0.1, 0.15) is 11.4 Å². The minimum absolute atomic E-state index is 0.0519. The molecule has 1 N–H and O–H groups in total. The monoisotopic (exact) mass is 305 g/mol. The topological polar surface area (TPSA) is 68.5 Å². The maximum atomic E-state index is 13.5. The number of hydrogen-bond acceptors (Lipinski definition) is 4. The van der Waals surface area contributed by atoms with Gasteiger partial charge in [-0.25, -0.2) is 9.18 Å². The molecule has 1 aromatic heterocycles. The maximum Gasteiger partial charge on any atom is 0.343 e. The lowest BCUT2D eigenvalue weighted by molar-refractivity contribution is 0.0480. The molecule has 0 saturated heterocycles. The predicted molar refractivity (Wildman–Crippen MR) is 78.4 cm³/mol. The molecule has 1 aromatic carbocycles. The Kier molecular flexibility index (Phi) is 3.94. The summed E-state index contributed by atoms with van der Waals surface area (Å²) >= 11 is 0. The third kappa shape index (κ3) is 2.74. The third-order valence-electron chi connectivity index (χ3n) is 3.69. The van der Waals surface area contributed by atoms with Crippen molar-refractivity contribution in [1.29, 1.82) is 0 Å². The van der Waals surface area contributed by atoms with Crippen molar-refractivity contribution in [2.24, 2.45) is 0 Å². The van der Waals surface area contributed by atoms with E-state index in [-0.39, 0.29) is 24.8 Å². The molecular weight excluding hydrogens is 289 g/mol. The highest BCUT2D eigenvalue weighted by Gasteiger charge is 2.27. The lowest BCUT2D eigenvalue weighted by Gasteiger charge is -2.12. The van der Waals surface area contributed by atoms with E-state index in [1.54, 1.807) is 4.57 Å². The zero-order valence-electron chi connectivity index (χ0n) is 11.9. The third-order valence-corrected chi connectivity index (χ3v) is 3.69. The predicted octanol–water partition coefficient (Wildman–Crippen LogP) is 2.01. The Labute approximate surface area is 125 Å². The van der Waals surface area contributed by atoms with Crippen LogP contribution < -0.4 is 5.43 Å². The quantitative estimate of drug-likeness (QED) is 0.678. The van der Waals surface area contributed by atoms with Crippen LogP contribution in [0.1, 0.15) is 35.7 Å². The molecule has 0 radical (unpaired) electrons. The number of aromatic nitrogens is 1. The summed E-state index contributed by atoms with van der Waals surface area (Å²) in [6.07, 6.45) is 3.66. The first kappa shape index (κ1) is 14.7. The maximum absolute atomic E-state index is 13.5. The number of carbonyl (C=O) groups is 1. The van der Waals surface area contributed by atoms with Gasteiger partial charge in [-0.2, -0.15) is 0 Å². The molecule has 1 fully saturated rings. The highest BCUT2D eigenvalue weighted by Crippen LogP contribution is 2.37. The van der Waals surface area contributed by atoms with Crippen LogP contribution in [0.15, 0.2) is 29.2 Å². The molecule has 0 unspecified atom stereocenters. The molecule has 1 heterocycles. The molecule has 5 nitrogen and oxygen atoms in total. The molecule has 0 atom stereocenters. The Morgan fingerprint density at radius 3 is 2.86 bits per heavy atom. The van der Waals surface area contributed by atoms with Crippen LogP contribution in [0.2, 0.25) is 0 Å². The van der Waals surface area contributed by atoms with Crippen LogP contribution in [0, 0.1) is 5.82 Å². The van der Waals surface area contributed by atoms with Gasteiger partial charge < -0.3 is 14.4 Å². The average molecular weight is 305 g/mol. The van der Waals surface area contributed by atoms with Crippen LogP contribution in [-0.2, 0) is 4.74 Å². The Bertz CT molecular complexity index is 780. The molecule has 1 aliphatic carbocycles. The van der Waals surface area contributed by atoms with E-state index in [2.05, 4.69) is 0 Å². The summed E-state index contributed by atoms with van der Waals surface area (Å²) in [5, 5.41) is 9.01. The molecule has 22 heavy (non-hydrogen) atoms. The Hall–Kier alpha value is -2.21. The fraction of sp³-hybridized carbons (Fsp3) is 0.375. The van der Waals surface area contributed by atoms with Gasteiger partial charge in [-0.05, 0) is 31.0 Å². The smallest absolute Gasteiger partial charge is 0.343 e. The molecule has 2 aromatic rings. The summed E-state index contributed by atoms with van der Waals surface area (Å²) in [6.45, 7) is -0.0315. The minimum Gasteiger partial charge on any atom is -0.462 e. The minimum atomic E-state index is -0.709. The number of benzene rings is 1. The average Bonchev–Trinajstić information content (AvgIpc) is 3.32. The largest absolute Gasteiger partial charge is 0.462 e. The van der Waals surface area contributed by atoms with E-state index in [1.165, 1.54) is 24.4 Å². The van der Waals surface area contributed by atoms with Crippen LogP contribution in [0.5, 0.6) is 0 Å². The van der Waals surface area contributed by atoms with Crippen molar-refractivity contribution in [2.75, 3.05) is 13.2 Å². The van der Waals surface area contributed by atoms with E-state index in [1.807, 2.05) is 0 Å². The lowest BCUT2D eigenvalue weighted by Crippen LogP contribution is -2.21. The van der Waals surface area contributed by atoms with Crippen LogP contribution in [0.3, 0.4) is 0 Å². The van der Waals surface area contributed by atoms with Gasteiger partial charge in [0.05, 0.1) is 12.1 Å². The van der Waals surface area contributed by atoms with Crippen molar-refractivity contribution < 1.29 is 19.0 Å². The first-order valence-electron chi connectivity index (χ1n) is 7.24. The fourth-order valence-electron chi connectivity index (χ4n) is 2.43. The zero-order chi connectivity index (χ0) is 15.7. The highest BCUT2D eigenvalue weighted by atomic mass is 19.1. The van der Waals surface area contributed by atoms with Crippen LogP contribution >= 0.6 is 0 Å². The second kappa shape index (κ2) is 5.88. The molecule has 0 aliphatic heterocycles. The van der Waals surface area contributed by atoms with E-state index in [9.17, 15) is 14.0 Å². The molecule has 116 valence electrons. The molecule has 1 saturated carbocycles. The van der Waals surface area contributed by atoms with E-state index >= 15 is 0 Å². The van der Waals surface area contributed by atoms with Crippen LogP contribution in [0.4, 0.5) is 4.39 Å². The van der Waals surface area contributed by atoms with E-state index in [4.69, 9.17) is 9.84 Å². The molecule has 3 rings (SSSR count). The molecule has 0 bridgehead atoms. The number of rotatable bonds is 5. The lowest BCUT2D eigenvalue weighted by atomic mass is 10.1. The van der Waals surface area contributed by atoms with Crippen LogP contribution in [0.25, 0.3) is 10.9 Å². The Morgan fingerprint density at radius 1 is 1.41 bits per heavy atom. The SMILES string of the molecule is O=C(OCCCO)c1cn(C2CC2)c2cc(F)ccc2c1=O. The number of fused-ring (bicyclic) bond motifs is 1. The number of ether oxygens (including phenoxy) is 1. The first-order valence-corrected chi connectivity index (χ1v) is 7.24. The van der Waals surface area contributed by atoms with Crippen LogP contribution in [-0.4, -0.2) is 28.9 Å². The van der Waals surface area contributed by atoms with Gasteiger partial charge in [0, 0.05) is 30.7 Å². The normalized spacial score (nSPS) is 14.3. The van der Waals surface area contributed by atoms with Gasteiger partial charge in [0.2, 0.25) is 5.43 Å². The summed E-state index contributed by atoms with van der Waals surface area (Å²) in [5.41, 5.74) is -0.00995. The van der Waals surface area contributed by atoms with Crippen molar-refractivity contribution in [3.63, 3.8) is 0 Å². The van der Waals surface area contributed by atoms with Crippen molar-refractivity contribution in [3.8, 4) is 0 Å². The summed E-state index contributed by atoms with van der Waals surface area (Å²) < 4.78 is 20.2. The Morgan fingerprint density at radius 2 is 2.18 bits per heavy atom. The van der Waals surface area contributed by atoms with Gasteiger partial charge in [-0.3, -0.25) is 4.79 Å². The molecule has 0 spiro atoms. The number of aliphatic hydroxyl groups excluding tert-OH is 1. The van der Waals surface area contributed by atoms with Gasteiger partial charge in [0.25, 0.3) is 0 Å². The van der Waals surface area contributed by atoms with E-state index in [0.717, 1.165) is 12.8 Å². The van der Waals surface area contributed by atoms with Crippen molar-refractivity contribution in [1.82, 2.24) is 4.57 Å². The highest BCUT2D eigenvalue weighted by molar-refractivity contribution is 5.93. The number of aliphatic hydroxyl groups is 1. The number of nitrogens with zero attached hydrogens (tertiary/aromatic N) is 1. The van der Waals surface area contributed by atoms with Gasteiger partial charge >= 0.3 is 5.97 Å². The number of carbonyl (C=O) groups excluding carboxylic acids is 1. The van der Waals surface area contributed by atoms with Gasteiger partial charge in [-0.1, -0.05) is 0 Å². The second-order valence-corrected chi connectivity index (χ2v) is 5.38. The standard InChI is InChI=1S/C16H16FNO4/c17-10-2-5-12-14(8-10)18(11-3-4-11)9-13(15(12)20)16(21)22-7-1-6-19/h2,5,8-9,11,19H,1,3-4,6-7H2. The fourth-order valence-corrected chi connectivity index (χ4v) is 2.43. The van der Waals surface area contributed by atoms with E-state index < -0.39 is 17.2 Å².